The monoisotopic (exact) mass is 421 g/mol. The van der Waals surface area contributed by atoms with Gasteiger partial charge >= 0.3 is 0 Å². The number of benzene rings is 1. The van der Waals surface area contributed by atoms with E-state index < -0.39 is 10.0 Å². The minimum Gasteiger partial charge on any atom is -0.354 e. The maximum Gasteiger partial charge on any atom is 0.261 e. The van der Waals surface area contributed by atoms with Crippen LogP contribution in [0.25, 0.3) is 0 Å². The molecule has 3 rings (SSSR count). The van der Waals surface area contributed by atoms with E-state index in [1.54, 1.807) is 0 Å². The normalized spacial score (nSPS) is 17.0. The lowest BCUT2D eigenvalue weighted by Gasteiger charge is -2.31. The molecule has 6 nitrogen and oxygen atoms in total. The van der Waals surface area contributed by atoms with E-state index in [4.69, 9.17) is 0 Å². The highest BCUT2D eigenvalue weighted by Gasteiger charge is 2.25. The Kier molecular flexibility index (Phi) is 7.23. The third-order valence-electron chi connectivity index (χ3n) is 5.07. The Morgan fingerprint density at radius 3 is 2.46 bits per heavy atom. The number of amides is 1. The quantitative estimate of drug-likeness (QED) is 0.720. The van der Waals surface area contributed by atoms with Crippen molar-refractivity contribution in [1.29, 1.82) is 0 Å². The summed E-state index contributed by atoms with van der Waals surface area (Å²) in [4.78, 5) is 14.6. The molecule has 1 saturated heterocycles. The molecule has 0 unspecified atom stereocenters. The van der Waals surface area contributed by atoms with E-state index in [9.17, 15) is 13.2 Å². The SMILES string of the molecule is CNC(=O)c1cc(S(=O)(=O)NC[C@@H](c2ccccc2)N2CCCCCC2)cs1. The lowest BCUT2D eigenvalue weighted by atomic mass is 10.1. The second-order valence-corrected chi connectivity index (χ2v) is 9.63. The van der Waals surface area contributed by atoms with Crippen molar-refractivity contribution in [2.45, 2.75) is 36.6 Å². The van der Waals surface area contributed by atoms with E-state index in [0.717, 1.165) is 42.8 Å². The van der Waals surface area contributed by atoms with Crippen LogP contribution in [0.2, 0.25) is 0 Å². The lowest BCUT2D eigenvalue weighted by Crippen LogP contribution is -2.38. The summed E-state index contributed by atoms with van der Waals surface area (Å²) in [7, 11) is -2.15. The predicted octanol–water partition coefficient (Wildman–Crippen LogP) is 3.00. The minimum atomic E-state index is -3.68. The number of thiophene rings is 1. The van der Waals surface area contributed by atoms with Gasteiger partial charge in [-0.05, 0) is 37.6 Å². The van der Waals surface area contributed by atoms with Crippen LogP contribution < -0.4 is 10.0 Å². The summed E-state index contributed by atoms with van der Waals surface area (Å²) in [6.45, 7) is 2.25. The van der Waals surface area contributed by atoms with Gasteiger partial charge in [0.15, 0.2) is 0 Å². The van der Waals surface area contributed by atoms with Gasteiger partial charge in [-0.1, -0.05) is 43.2 Å². The molecular formula is C20H27N3O3S2. The molecule has 1 aromatic heterocycles. The number of likely N-dealkylation sites (tertiary alicyclic amines) is 1. The first kappa shape index (κ1) is 21.0. The number of nitrogens with one attached hydrogen (secondary N) is 2. The van der Waals surface area contributed by atoms with Gasteiger partial charge in [0.05, 0.1) is 9.77 Å². The van der Waals surface area contributed by atoms with Crippen LogP contribution in [0.5, 0.6) is 0 Å². The molecule has 1 aromatic carbocycles. The van der Waals surface area contributed by atoms with Gasteiger partial charge < -0.3 is 5.32 Å². The summed E-state index contributed by atoms with van der Waals surface area (Å²) >= 11 is 1.13. The summed E-state index contributed by atoms with van der Waals surface area (Å²) in [6.07, 6.45) is 4.72. The number of carbonyl (C=O) groups excluding carboxylic acids is 1. The molecule has 152 valence electrons. The van der Waals surface area contributed by atoms with E-state index in [2.05, 4.69) is 27.1 Å². The van der Waals surface area contributed by atoms with Crippen molar-refractivity contribution in [3.05, 3.63) is 52.2 Å². The van der Waals surface area contributed by atoms with E-state index in [0.29, 0.717) is 11.4 Å². The zero-order valence-corrected chi connectivity index (χ0v) is 17.7. The van der Waals surface area contributed by atoms with Gasteiger partial charge in [-0.2, -0.15) is 0 Å². The van der Waals surface area contributed by atoms with Gasteiger partial charge in [-0.25, -0.2) is 13.1 Å². The van der Waals surface area contributed by atoms with Crippen LogP contribution in [-0.2, 0) is 10.0 Å². The Morgan fingerprint density at radius 2 is 1.82 bits per heavy atom. The molecule has 2 heterocycles. The largest absolute Gasteiger partial charge is 0.354 e. The van der Waals surface area contributed by atoms with Crippen LogP contribution in [0.3, 0.4) is 0 Å². The molecule has 0 bridgehead atoms. The van der Waals surface area contributed by atoms with E-state index >= 15 is 0 Å². The second kappa shape index (κ2) is 9.65. The molecule has 8 heteroatoms. The summed E-state index contributed by atoms with van der Waals surface area (Å²) < 4.78 is 28.3. The van der Waals surface area contributed by atoms with E-state index in [-0.39, 0.29) is 16.8 Å². The molecule has 0 saturated carbocycles. The van der Waals surface area contributed by atoms with Gasteiger partial charge in [0.25, 0.3) is 5.91 Å². The molecule has 0 spiro atoms. The summed E-state index contributed by atoms with van der Waals surface area (Å²) in [6, 6.07) is 11.5. The van der Waals surface area contributed by atoms with Gasteiger partial charge in [0.2, 0.25) is 10.0 Å². The molecule has 1 fully saturated rings. The number of hydrogen-bond donors (Lipinski definition) is 2. The average Bonchev–Trinajstić information content (AvgIpc) is 3.07. The maximum absolute atomic E-state index is 12.8. The zero-order valence-electron chi connectivity index (χ0n) is 16.1. The molecule has 0 aliphatic carbocycles. The molecule has 0 radical (unpaired) electrons. The van der Waals surface area contributed by atoms with Crippen molar-refractivity contribution in [3.63, 3.8) is 0 Å². The van der Waals surface area contributed by atoms with Crippen LogP contribution >= 0.6 is 11.3 Å². The molecule has 1 aliphatic heterocycles. The Labute approximate surface area is 171 Å². The van der Waals surface area contributed by atoms with E-state index in [1.807, 2.05) is 18.2 Å². The van der Waals surface area contributed by atoms with Crippen molar-refractivity contribution in [2.24, 2.45) is 0 Å². The van der Waals surface area contributed by atoms with Gasteiger partial charge in [-0.3, -0.25) is 9.69 Å². The number of sulfonamides is 1. The first-order chi connectivity index (χ1) is 13.5. The van der Waals surface area contributed by atoms with Gasteiger partial charge in [-0.15, -0.1) is 11.3 Å². The Bertz CT molecular complexity index is 873. The van der Waals surface area contributed by atoms with Crippen molar-refractivity contribution >= 4 is 27.3 Å². The highest BCUT2D eigenvalue weighted by atomic mass is 32.2. The van der Waals surface area contributed by atoms with Crippen LogP contribution in [0.1, 0.15) is 47.0 Å². The van der Waals surface area contributed by atoms with Crippen molar-refractivity contribution in [2.75, 3.05) is 26.7 Å². The van der Waals surface area contributed by atoms with Crippen molar-refractivity contribution in [3.8, 4) is 0 Å². The highest BCUT2D eigenvalue weighted by Crippen LogP contribution is 2.25. The molecule has 1 aliphatic rings. The standard InChI is InChI=1S/C20H27N3O3S2/c1-21-20(24)19-13-17(15-27-19)28(25,26)22-14-18(16-9-5-4-6-10-16)23-11-7-2-3-8-12-23/h4-6,9-10,13,15,18,22H,2-3,7-8,11-12,14H2,1H3,(H,21,24)/t18-/m0/s1. The molecule has 1 atom stereocenters. The predicted molar refractivity (Wildman–Crippen MR) is 112 cm³/mol. The molecule has 2 N–H and O–H groups in total. The lowest BCUT2D eigenvalue weighted by molar-refractivity contribution is 0.0967. The third-order valence-corrected chi connectivity index (χ3v) is 7.55. The Balaban J connectivity index is 1.77. The molecular weight excluding hydrogens is 394 g/mol. The number of nitrogens with zero attached hydrogens (tertiary/aromatic N) is 1. The van der Waals surface area contributed by atoms with Gasteiger partial charge in [0.1, 0.15) is 0 Å². The zero-order chi connectivity index (χ0) is 20.0. The maximum atomic E-state index is 12.8. The second-order valence-electron chi connectivity index (χ2n) is 6.95. The van der Waals surface area contributed by atoms with Crippen LogP contribution in [0.15, 0.2) is 46.7 Å². The molecule has 2 aromatic rings. The Hall–Kier alpha value is -1.74. The third kappa shape index (κ3) is 5.20. The number of rotatable bonds is 7. The first-order valence-corrected chi connectivity index (χ1v) is 12.0. The summed E-state index contributed by atoms with van der Waals surface area (Å²) in [5, 5.41) is 4.03. The van der Waals surface area contributed by atoms with Crippen LogP contribution in [-0.4, -0.2) is 45.9 Å². The van der Waals surface area contributed by atoms with Crippen LogP contribution in [0.4, 0.5) is 0 Å². The first-order valence-electron chi connectivity index (χ1n) is 9.60. The molecule has 1 amide bonds. The topological polar surface area (TPSA) is 78.5 Å². The van der Waals surface area contributed by atoms with Crippen molar-refractivity contribution < 1.29 is 13.2 Å². The van der Waals surface area contributed by atoms with Crippen LogP contribution in [0, 0.1) is 0 Å². The van der Waals surface area contributed by atoms with Crippen molar-refractivity contribution in [1.82, 2.24) is 14.9 Å². The van der Waals surface area contributed by atoms with Gasteiger partial charge in [0, 0.05) is 25.0 Å². The average molecular weight is 422 g/mol. The summed E-state index contributed by atoms with van der Waals surface area (Å²) in [5.41, 5.74) is 1.11. The Morgan fingerprint density at radius 1 is 1.14 bits per heavy atom. The number of hydrogen-bond acceptors (Lipinski definition) is 5. The fourth-order valence-corrected chi connectivity index (χ4v) is 5.77. The smallest absolute Gasteiger partial charge is 0.261 e. The number of carbonyl (C=O) groups is 1. The molecule has 28 heavy (non-hydrogen) atoms. The fourth-order valence-electron chi connectivity index (χ4n) is 3.51. The highest BCUT2D eigenvalue weighted by molar-refractivity contribution is 7.89. The fraction of sp³-hybridized carbons (Fsp3) is 0.450. The minimum absolute atomic E-state index is 0.00822. The summed E-state index contributed by atoms with van der Waals surface area (Å²) in [5.74, 6) is -0.279. The van der Waals surface area contributed by atoms with E-state index in [1.165, 1.54) is 31.3 Å².